The SMILES string of the molecule is c1cc[c]([Ge]([c]2ccccc2)([c]2ccc(-c3cccc4c3oc3ccccc34)cc2)[c]2ccc(-c3cccc4c3oc3ccccc34)cc2)cc1. The molecule has 2 aromatic heterocycles. The minimum atomic E-state index is -3.52. The number of furan rings is 2. The third kappa shape index (κ3) is 4.71. The van der Waals surface area contributed by atoms with E-state index in [0.29, 0.717) is 0 Å². The third-order valence-corrected chi connectivity index (χ3v) is 20.5. The molecule has 0 radical (unpaired) electrons. The summed E-state index contributed by atoms with van der Waals surface area (Å²) in [6, 6.07) is 70.5. The van der Waals surface area contributed by atoms with Crippen LogP contribution in [0.3, 0.4) is 0 Å². The standard InChI is InChI=1S/C48H32GeO2/c1-3-13-35(14-4-1)49(36-15-5-2-6-16-36,37-29-25-33(26-30-37)39-19-11-21-43-41-17-7-9-23-45(41)50-47(39)43)38-31-27-34(28-32-38)40-20-12-22-44-42-18-8-10-24-46(42)51-48(40)44/h1-32H. The van der Waals surface area contributed by atoms with Crippen LogP contribution in [0.2, 0.25) is 0 Å². The zero-order chi connectivity index (χ0) is 33.8. The van der Waals surface area contributed by atoms with Crippen LogP contribution in [-0.2, 0) is 0 Å². The molecule has 0 amide bonds. The molecule has 10 rings (SSSR count). The maximum atomic E-state index is 6.44. The number of para-hydroxylation sites is 4. The zero-order valence-corrected chi connectivity index (χ0v) is 29.9. The van der Waals surface area contributed by atoms with Gasteiger partial charge >= 0.3 is 300 Å². The Morgan fingerprint density at radius 1 is 0.275 bits per heavy atom. The molecule has 0 aliphatic rings. The van der Waals surface area contributed by atoms with Gasteiger partial charge in [0, 0.05) is 0 Å². The predicted molar refractivity (Wildman–Crippen MR) is 215 cm³/mol. The van der Waals surface area contributed by atoms with Gasteiger partial charge in [-0.05, 0) is 0 Å². The van der Waals surface area contributed by atoms with Crippen LogP contribution in [0.15, 0.2) is 203 Å². The Hall–Kier alpha value is -6.10. The Balaban J connectivity index is 1.15. The monoisotopic (exact) mass is 714 g/mol. The molecule has 0 unspecified atom stereocenters. The molecule has 0 spiro atoms. The second-order valence-electron chi connectivity index (χ2n) is 13.2. The number of hydrogen-bond donors (Lipinski definition) is 0. The van der Waals surface area contributed by atoms with Gasteiger partial charge < -0.3 is 0 Å². The van der Waals surface area contributed by atoms with Crippen molar-refractivity contribution in [1.29, 1.82) is 0 Å². The van der Waals surface area contributed by atoms with Gasteiger partial charge in [-0.1, -0.05) is 0 Å². The second-order valence-corrected chi connectivity index (χ2v) is 21.2. The quantitative estimate of drug-likeness (QED) is 0.161. The van der Waals surface area contributed by atoms with Gasteiger partial charge in [0.1, 0.15) is 0 Å². The van der Waals surface area contributed by atoms with Gasteiger partial charge in [-0.15, -0.1) is 0 Å². The van der Waals surface area contributed by atoms with E-state index in [1.54, 1.807) is 0 Å². The summed E-state index contributed by atoms with van der Waals surface area (Å²) in [4.78, 5) is 0. The molecule has 0 aliphatic heterocycles. The fourth-order valence-corrected chi connectivity index (χ4v) is 18.0. The van der Waals surface area contributed by atoms with Crippen molar-refractivity contribution >= 4 is 74.7 Å². The Labute approximate surface area is 298 Å². The van der Waals surface area contributed by atoms with Crippen LogP contribution in [-0.4, -0.2) is 13.3 Å². The zero-order valence-electron chi connectivity index (χ0n) is 27.8. The molecule has 0 fully saturated rings. The van der Waals surface area contributed by atoms with Gasteiger partial charge in [-0.3, -0.25) is 0 Å². The van der Waals surface area contributed by atoms with Crippen molar-refractivity contribution in [2.24, 2.45) is 0 Å². The fraction of sp³-hybridized carbons (Fsp3) is 0. The Morgan fingerprint density at radius 3 is 1.06 bits per heavy atom. The van der Waals surface area contributed by atoms with Crippen molar-refractivity contribution in [1.82, 2.24) is 0 Å². The van der Waals surface area contributed by atoms with Gasteiger partial charge in [-0.2, -0.15) is 0 Å². The van der Waals surface area contributed by atoms with Gasteiger partial charge in [0.05, 0.1) is 0 Å². The first-order valence-electron chi connectivity index (χ1n) is 17.4. The van der Waals surface area contributed by atoms with Crippen molar-refractivity contribution in [3.8, 4) is 22.3 Å². The normalized spacial score (nSPS) is 11.9. The van der Waals surface area contributed by atoms with E-state index in [2.05, 4.69) is 170 Å². The Bertz CT molecular complexity index is 2630. The number of benzene rings is 8. The molecule has 2 nitrogen and oxygen atoms in total. The van der Waals surface area contributed by atoms with Crippen LogP contribution in [0.5, 0.6) is 0 Å². The predicted octanol–water partition coefficient (Wildman–Crippen LogP) is 10.2. The van der Waals surface area contributed by atoms with E-state index in [1.165, 1.54) is 17.6 Å². The summed E-state index contributed by atoms with van der Waals surface area (Å²) in [6.07, 6.45) is 0. The first-order valence-corrected chi connectivity index (χ1v) is 21.6. The van der Waals surface area contributed by atoms with Crippen molar-refractivity contribution in [3.63, 3.8) is 0 Å². The summed E-state index contributed by atoms with van der Waals surface area (Å²) >= 11 is -3.52. The molecule has 0 N–H and O–H groups in total. The van der Waals surface area contributed by atoms with E-state index in [9.17, 15) is 0 Å². The first-order chi connectivity index (χ1) is 25.3. The Morgan fingerprint density at radius 2 is 0.627 bits per heavy atom. The van der Waals surface area contributed by atoms with Crippen molar-refractivity contribution < 1.29 is 8.83 Å². The van der Waals surface area contributed by atoms with Crippen molar-refractivity contribution in [2.45, 2.75) is 0 Å². The summed E-state index contributed by atoms with van der Waals surface area (Å²) < 4.78 is 18.4. The van der Waals surface area contributed by atoms with Crippen LogP contribution in [0.4, 0.5) is 0 Å². The third-order valence-electron chi connectivity index (χ3n) is 10.5. The van der Waals surface area contributed by atoms with E-state index in [4.69, 9.17) is 8.83 Å². The van der Waals surface area contributed by atoms with E-state index < -0.39 is 13.3 Å². The molecule has 0 saturated carbocycles. The van der Waals surface area contributed by atoms with E-state index in [1.807, 2.05) is 24.3 Å². The molecule has 240 valence electrons. The van der Waals surface area contributed by atoms with Crippen LogP contribution < -0.4 is 17.6 Å². The molecule has 10 aromatic rings. The van der Waals surface area contributed by atoms with Crippen LogP contribution in [0, 0.1) is 0 Å². The summed E-state index contributed by atoms with van der Waals surface area (Å²) in [5.74, 6) is 0. The van der Waals surface area contributed by atoms with Gasteiger partial charge in [0.2, 0.25) is 0 Å². The average molecular weight is 713 g/mol. The molecular weight excluding hydrogens is 681 g/mol. The molecular formula is C48H32GeO2. The summed E-state index contributed by atoms with van der Waals surface area (Å²) in [5.41, 5.74) is 8.21. The van der Waals surface area contributed by atoms with Crippen molar-refractivity contribution in [3.05, 3.63) is 194 Å². The van der Waals surface area contributed by atoms with Crippen molar-refractivity contribution in [2.75, 3.05) is 0 Å². The molecule has 3 heteroatoms. The average Bonchev–Trinajstić information content (AvgIpc) is 3.79. The van der Waals surface area contributed by atoms with Crippen LogP contribution >= 0.6 is 0 Å². The summed E-state index contributed by atoms with van der Waals surface area (Å²) in [5, 5.41) is 4.58. The first kappa shape index (κ1) is 29.8. The maximum absolute atomic E-state index is 6.44. The van der Waals surface area contributed by atoms with Gasteiger partial charge in [-0.25, -0.2) is 0 Å². The number of fused-ring (bicyclic) bond motifs is 6. The van der Waals surface area contributed by atoms with E-state index >= 15 is 0 Å². The molecule has 0 atom stereocenters. The topological polar surface area (TPSA) is 26.3 Å². The van der Waals surface area contributed by atoms with Gasteiger partial charge in [0.15, 0.2) is 0 Å². The minimum absolute atomic E-state index is 0.916. The molecule has 51 heavy (non-hydrogen) atoms. The van der Waals surface area contributed by atoms with Crippen LogP contribution in [0.25, 0.3) is 66.1 Å². The van der Waals surface area contributed by atoms with Gasteiger partial charge in [0.25, 0.3) is 0 Å². The molecule has 0 saturated heterocycles. The summed E-state index contributed by atoms with van der Waals surface area (Å²) in [7, 11) is 0. The summed E-state index contributed by atoms with van der Waals surface area (Å²) in [6.45, 7) is 0. The molecule has 0 bridgehead atoms. The van der Waals surface area contributed by atoms with Crippen LogP contribution in [0.1, 0.15) is 0 Å². The Kier molecular flexibility index (Phi) is 7.04. The second kappa shape index (κ2) is 12.0. The fourth-order valence-electron chi connectivity index (χ4n) is 8.12. The number of rotatable bonds is 6. The molecule has 0 aliphatic carbocycles. The molecule has 2 heterocycles. The molecule has 8 aromatic carbocycles. The number of hydrogen-bond acceptors (Lipinski definition) is 2. The van der Waals surface area contributed by atoms with E-state index in [0.717, 1.165) is 66.1 Å². The van der Waals surface area contributed by atoms with E-state index in [-0.39, 0.29) is 0 Å².